The molecule has 1 aliphatic heterocycles. The van der Waals surface area contributed by atoms with Gasteiger partial charge >= 0.3 is 0 Å². The normalized spacial score (nSPS) is 15.6. The van der Waals surface area contributed by atoms with E-state index in [1.54, 1.807) is 0 Å². The fourth-order valence-electron chi connectivity index (χ4n) is 2.62. The molecule has 2 rings (SSSR count). The second kappa shape index (κ2) is 8.77. The number of rotatable bonds is 9. The van der Waals surface area contributed by atoms with E-state index in [0.717, 1.165) is 36.6 Å². The fraction of sp³-hybridized carbons (Fsp3) is 0.611. The molecule has 23 heavy (non-hydrogen) atoms. The smallest absolute Gasteiger partial charge is 0.223 e. The maximum Gasteiger partial charge on any atom is 0.223 e. The third-order valence-electron chi connectivity index (χ3n) is 4.25. The minimum atomic E-state index is 0.0792. The fourth-order valence-corrected chi connectivity index (χ4v) is 2.62. The van der Waals surface area contributed by atoms with Crippen molar-refractivity contribution in [3.63, 3.8) is 0 Å². The average molecular weight is 320 g/mol. The summed E-state index contributed by atoms with van der Waals surface area (Å²) in [7, 11) is 0. The molecule has 1 aromatic rings. The Kier molecular flexibility index (Phi) is 6.71. The molecular formula is C18H28N2O3. The molecular weight excluding hydrogens is 292 g/mol. The van der Waals surface area contributed by atoms with Gasteiger partial charge in [0.15, 0.2) is 11.5 Å². The number of nitrogens with one attached hydrogen (secondary N) is 2. The van der Waals surface area contributed by atoms with E-state index in [2.05, 4.69) is 10.6 Å². The lowest BCUT2D eigenvalue weighted by atomic mass is 9.88. The van der Waals surface area contributed by atoms with Gasteiger partial charge in [0, 0.05) is 12.5 Å². The molecule has 1 aromatic carbocycles. The average Bonchev–Trinajstić information content (AvgIpc) is 2.48. The number of benzene rings is 1. The van der Waals surface area contributed by atoms with Crippen LogP contribution in [-0.4, -0.2) is 38.8 Å². The van der Waals surface area contributed by atoms with Gasteiger partial charge in [0.05, 0.1) is 13.2 Å². The van der Waals surface area contributed by atoms with E-state index in [0.29, 0.717) is 25.7 Å². The lowest BCUT2D eigenvalue weighted by Crippen LogP contribution is -2.49. The summed E-state index contributed by atoms with van der Waals surface area (Å²) in [4.78, 5) is 12.1. The lowest BCUT2D eigenvalue weighted by molar-refractivity contribution is -0.126. The SMILES string of the molecule is CCOc1ccc(CCNC(=O)C(C)C2CNC2)cc1OCC. The van der Waals surface area contributed by atoms with Crippen molar-refractivity contribution in [3.05, 3.63) is 23.8 Å². The van der Waals surface area contributed by atoms with Crippen LogP contribution < -0.4 is 20.1 Å². The van der Waals surface area contributed by atoms with Crippen molar-refractivity contribution >= 4 is 5.91 Å². The van der Waals surface area contributed by atoms with Crippen LogP contribution >= 0.6 is 0 Å². The van der Waals surface area contributed by atoms with Gasteiger partial charge in [-0.1, -0.05) is 13.0 Å². The second-order valence-corrected chi connectivity index (χ2v) is 5.90. The Bertz CT molecular complexity index is 515. The monoisotopic (exact) mass is 320 g/mol. The van der Waals surface area contributed by atoms with Crippen molar-refractivity contribution in [2.75, 3.05) is 32.8 Å². The number of hydrogen-bond acceptors (Lipinski definition) is 4. The van der Waals surface area contributed by atoms with Gasteiger partial charge in [-0.15, -0.1) is 0 Å². The lowest BCUT2D eigenvalue weighted by Gasteiger charge is -2.31. The highest BCUT2D eigenvalue weighted by Gasteiger charge is 2.28. The van der Waals surface area contributed by atoms with Crippen LogP contribution in [0.5, 0.6) is 11.5 Å². The van der Waals surface area contributed by atoms with Crippen molar-refractivity contribution in [1.82, 2.24) is 10.6 Å². The Balaban J connectivity index is 1.84. The molecule has 1 aliphatic rings. The van der Waals surface area contributed by atoms with Crippen molar-refractivity contribution in [2.24, 2.45) is 11.8 Å². The van der Waals surface area contributed by atoms with Gasteiger partial charge in [-0.25, -0.2) is 0 Å². The predicted molar refractivity (Wildman–Crippen MR) is 91.0 cm³/mol. The molecule has 1 unspecified atom stereocenters. The van der Waals surface area contributed by atoms with Gasteiger partial charge in [0.1, 0.15) is 0 Å². The van der Waals surface area contributed by atoms with Crippen LogP contribution in [0.1, 0.15) is 26.3 Å². The van der Waals surface area contributed by atoms with Gasteiger partial charge in [-0.2, -0.15) is 0 Å². The first-order chi connectivity index (χ1) is 11.2. The number of hydrogen-bond donors (Lipinski definition) is 2. The maximum absolute atomic E-state index is 12.1. The molecule has 1 atom stereocenters. The van der Waals surface area contributed by atoms with Crippen molar-refractivity contribution in [2.45, 2.75) is 27.2 Å². The first kappa shape index (κ1) is 17.6. The zero-order chi connectivity index (χ0) is 16.7. The Morgan fingerprint density at radius 2 is 1.96 bits per heavy atom. The summed E-state index contributed by atoms with van der Waals surface area (Å²) in [5.74, 6) is 2.24. The third kappa shape index (κ3) is 4.86. The topological polar surface area (TPSA) is 59.6 Å². The Morgan fingerprint density at radius 1 is 1.26 bits per heavy atom. The second-order valence-electron chi connectivity index (χ2n) is 5.90. The highest BCUT2D eigenvalue weighted by Crippen LogP contribution is 2.28. The van der Waals surface area contributed by atoms with Crippen LogP contribution in [0.3, 0.4) is 0 Å². The van der Waals surface area contributed by atoms with E-state index in [9.17, 15) is 4.79 Å². The Morgan fingerprint density at radius 3 is 2.57 bits per heavy atom. The molecule has 0 aromatic heterocycles. The minimum Gasteiger partial charge on any atom is -0.490 e. The molecule has 1 heterocycles. The number of carbonyl (C=O) groups is 1. The van der Waals surface area contributed by atoms with Gasteiger partial charge in [-0.3, -0.25) is 4.79 Å². The quantitative estimate of drug-likeness (QED) is 0.731. The Hall–Kier alpha value is -1.75. The molecule has 0 radical (unpaired) electrons. The van der Waals surface area contributed by atoms with Gasteiger partial charge < -0.3 is 20.1 Å². The van der Waals surface area contributed by atoms with Gasteiger partial charge in [-0.05, 0) is 57.0 Å². The van der Waals surface area contributed by atoms with Crippen LogP contribution in [0.2, 0.25) is 0 Å². The zero-order valence-electron chi connectivity index (χ0n) is 14.4. The molecule has 0 spiro atoms. The molecule has 128 valence electrons. The molecule has 0 bridgehead atoms. The highest BCUT2D eigenvalue weighted by atomic mass is 16.5. The summed E-state index contributed by atoms with van der Waals surface area (Å²) in [6.07, 6.45) is 0.786. The van der Waals surface area contributed by atoms with Crippen LogP contribution in [-0.2, 0) is 11.2 Å². The summed E-state index contributed by atoms with van der Waals surface area (Å²) in [5.41, 5.74) is 1.13. The number of amides is 1. The standard InChI is InChI=1S/C18H28N2O3/c1-4-22-16-7-6-14(10-17(16)23-5-2)8-9-20-18(21)13(3)15-11-19-12-15/h6-7,10,13,15,19H,4-5,8-9,11-12H2,1-3H3,(H,20,21). The predicted octanol–water partition coefficient (Wildman–Crippen LogP) is 2.00. The van der Waals surface area contributed by atoms with Crippen molar-refractivity contribution < 1.29 is 14.3 Å². The summed E-state index contributed by atoms with van der Waals surface area (Å²) in [5, 5.41) is 6.24. The summed E-state index contributed by atoms with van der Waals surface area (Å²) in [6.45, 7) is 9.68. The van der Waals surface area contributed by atoms with E-state index in [1.807, 2.05) is 39.0 Å². The van der Waals surface area contributed by atoms with Gasteiger partial charge in [0.2, 0.25) is 5.91 Å². The summed E-state index contributed by atoms with van der Waals surface area (Å²) >= 11 is 0. The molecule has 1 saturated heterocycles. The molecule has 5 nitrogen and oxygen atoms in total. The zero-order valence-corrected chi connectivity index (χ0v) is 14.4. The maximum atomic E-state index is 12.1. The van der Waals surface area contributed by atoms with E-state index < -0.39 is 0 Å². The van der Waals surface area contributed by atoms with Crippen LogP contribution in [0, 0.1) is 11.8 Å². The minimum absolute atomic E-state index is 0.0792. The number of ether oxygens (including phenoxy) is 2. The van der Waals surface area contributed by atoms with E-state index in [-0.39, 0.29) is 11.8 Å². The molecule has 0 aliphatic carbocycles. The number of carbonyl (C=O) groups excluding carboxylic acids is 1. The Labute approximate surface area is 138 Å². The van der Waals surface area contributed by atoms with Gasteiger partial charge in [0.25, 0.3) is 0 Å². The van der Waals surface area contributed by atoms with E-state index in [4.69, 9.17) is 9.47 Å². The first-order valence-electron chi connectivity index (χ1n) is 8.52. The largest absolute Gasteiger partial charge is 0.490 e. The van der Waals surface area contributed by atoms with E-state index >= 15 is 0 Å². The molecule has 5 heteroatoms. The molecule has 1 fully saturated rings. The molecule has 0 saturated carbocycles. The highest BCUT2D eigenvalue weighted by molar-refractivity contribution is 5.78. The van der Waals surface area contributed by atoms with E-state index in [1.165, 1.54) is 0 Å². The third-order valence-corrected chi connectivity index (χ3v) is 4.25. The first-order valence-corrected chi connectivity index (χ1v) is 8.52. The summed E-state index contributed by atoms with van der Waals surface area (Å²) < 4.78 is 11.2. The molecule has 1 amide bonds. The van der Waals surface area contributed by atoms with Crippen LogP contribution in [0.25, 0.3) is 0 Å². The van der Waals surface area contributed by atoms with Crippen LogP contribution in [0.15, 0.2) is 18.2 Å². The molecule has 2 N–H and O–H groups in total. The van der Waals surface area contributed by atoms with Crippen molar-refractivity contribution in [3.8, 4) is 11.5 Å². The van der Waals surface area contributed by atoms with Crippen LogP contribution in [0.4, 0.5) is 0 Å². The van der Waals surface area contributed by atoms with Crippen molar-refractivity contribution in [1.29, 1.82) is 0 Å². The summed E-state index contributed by atoms with van der Waals surface area (Å²) in [6, 6.07) is 5.97.